The lowest BCUT2D eigenvalue weighted by Crippen LogP contribution is -2.31. The van der Waals surface area contributed by atoms with Crippen LogP contribution in [0.15, 0.2) is 40.8 Å². The van der Waals surface area contributed by atoms with Crippen LogP contribution in [0, 0.1) is 0 Å². The molecular weight excluding hydrogens is 354 g/mol. The summed E-state index contributed by atoms with van der Waals surface area (Å²) in [6.45, 7) is 3.65. The van der Waals surface area contributed by atoms with Crippen LogP contribution in [-0.2, 0) is 4.79 Å². The lowest BCUT2D eigenvalue weighted by Gasteiger charge is -2.25. The number of hydrogen-bond acceptors (Lipinski definition) is 6. The Labute approximate surface area is 154 Å². The first-order valence-electron chi connectivity index (χ1n) is 7.97. The summed E-state index contributed by atoms with van der Waals surface area (Å²) in [7, 11) is 3.11. The Balaban J connectivity index is 2.10. The van der Waals surface area contributed by atoms with Crippen molar-refractivity contribution in [1.29, 1.82) is 0 Å². The molecule has 0 bridgehead atoms. The van der Waals surface area contributed by atoms with E-state index in [1.165, 1.54) is 11.8 Å². The normalized spacial score (nSPS) is 15.8. The first kappa shape index (κ1) is 18.1. The number of aromatic nitrogens is 2. The fourth-order valence-corrected chi connectivity index (χ4v) is 3.53. The van der Waals surface area contributed by atoms with Crippen LogP contribution >= 0.6 is 11.8 Å². The van der Waals surface area contributed by atoms with Gasteiger partial charge in [0.25, 0.3) is 5.56 Å². The lowest BCUT2D eigenvalue weighted by atomic mass is 9.86. The molecule has 1 aromatic carbocycles. The summed E-state index contributed by atoms with van der Waals surface area (Å²) >= 11 is 1.34. The number of amides is 1. The minimum atomic E-state index is -0.450. The molecule has 0 fully saturated rings. The molecule has 1 amide bonds. The van der Waals surface area contributed by atoms with Crippen molar-refractivity contribution in [2.75, 3.05) is 25.3 Å². The van der Waals surface area contributed by atoms with Gasteiger partial charge in [-0.3, -0.25) is 9.59 Å². The van der Waals surface area contributed by atoms with Gasteiger partial charge in [0.1, 0.15) is 17.3 Å². The van der Waals surface area contributed by atoms with Gasteiger partial charge in [0.2, 0.25) is 5.91 Å². The molecule has 7 nitrogen and oxygen atoms in total. The van der Waals surface area contributed by atoms with Crippen LogP contribution in [0.4, 0.5) is 5.82 Å². The number of anilines is 1. The molecule has 1 aliphatic rings. The number of fused-ring (bicyclic) bond motifs is 1. The summed E-state index contributed by atoms with van der Waals surface area (Å²) in [6.07, 6.45) is 1.85. The van der Waals surface area contributed by atoms with Crippen molar-refractivity contribution in [3.05, 3.63) is 52.3 Å². The fraction of sp³-hybridized carbons (Fsp3) is 0.278. The van der Waals surface area contributed by atoms with Crippen LogP contribution in [0.25, 0.3) is 0 Å². The van der Waals surface area contributed by atoms with Gasteiger partial charge < -0.3 is 19.8 Å². The van der Waals surface area contributed by atoms with E-state index in [1.54, 1.807) is 32.4 Å². The number of aromatic amines is 1. The van der Waals surface area contributed by atoms with Crippen molar-refractivity contribution in [3.8, 4) is 11.5 Å². The highest BCUT2D eigenvalue weighted by Crippen LogP contribution is 2.39. The molecule has 1 aromatic heterocycles. The number of hydrogen-bond donors (Lipinski definition) is 2. The van der Waals surface area contributed by atoms with Crippen LogP contribution in [-0.4, -0.2) is 35.8 Å². The number of H-pyrrole nitrogens is 1. The first-order valence-corrected chi connectivity index (χ1v) is 8.95. The molecule has 3 rings (SSSR count). The van der Waals surface area contributed by atoms with Crippen LogP contribution in [0.3, 0.4) is 0 Å². The summed E-state index contributed by atoms with van der Waals surface area (Å²) in [4.78, 5) is 32.1. The highest BCUT2D eigenvalue weighted by molar-refractivity contribution is 7.99. The van der Waals surface area contributed by atoms with E-state index in [9.17, 15) is 9.59 Å². The number of carbonyl (C=O) groups is 1. The van der Waals surface area contributed by atoms with Gasteiger partial charge in [-0.15, -0.1) is 6.58 Å². The maximum atomic E-state index is 12.7. The van der Waals surface area contributed by atoms with E-state index in [-0.39, 0.29) is 17.9 Å². The monoisotopic (exact) mass is 373 g/mol. The van der Waals surface area contributed by atoms with E-state index >= 15 is 0 Å². The molecule has 2 heterocycles. The highest BCUT2D eigenvalue weighted by atomic mass is 32.2. The van der Waals surface area contributed by atoms with Gasteiger partial charge in [-0.1, -0.05) is 23.9 Å². The van der Waals surface area contributed by atoms with Gasteiger partial charge in [-0.2, -0.15) is 0 Å². The molecular formula is C18H19N3O4S. The number of benzene rings is 1. The molecule has 136 valence electrons. The Hall–Kier alpha value is -2.74. The second-order valence-corrected chi connectivity index (χ2v) is 6.65. The molecule has 0 aliphatic carbocycles. The fourth-order valence-electron chi connectivity index (χ4n) is 2.93. The largest absolute Gasteiger partial charge is 0.497 e. The van der Waals surface area contributed by atoms with Gasteiger partial charge in [0.05, 0.1) is 19.8 Å². The molecule has 0 unspecified atom stereocenters. The van der Waals surface area contributed by atoms with Crippen molar-refractivity contribution in [3.63, 3.8) is 0 Å². The summed E-state index contributed by atoms with van der Waals surface area (Å²) in [5.41, 5.74) is 0.892. The molecule has 8 heteroatoms. The van der Waals surface area contributed by atoms with Gasteiger partial charge in [0.15, 0.2) is 5.16 Å². The Morgan fingerprint density at radius 2 is 2.15 bits per heavy atom. The predicted octanol–water partition coefficient (Wildman–Crippen LogP) is 2.54. The quantitative estimate of drug-likeness (QED) is 0.459. The van der Waals surface area contributed by atoms with E-state index in [0.717, 1.165) is 5.56 Å². The summed E-state index contributed by atoms with van der Waals surface area (Å²) in [5, 5.41) is 3.14. The SMILES string of the molecule is C=CCSc1nc2c(c(=O)[nH]1)[C@@H](c1ccc(OC)cc1OC)CC(=O)N2. The number of ether oxygens (including phenoxy) is 2. The summed E-state index contributed by atoms with van der Waals surface area (Å²) in [5.74, 6) is 1.44. The molecule has 26 heavy (non-hydrogen) atoms. The standard InChI is InChI=1S/C18H19N3O4S/c1-4-7-26-18-20-16-15(17(23)21-18)12(9-14(22)19-16)11-6-5-10(24-2)8-13(11)25-3/h4-6,8,12H,1,7,9H2,2-3H3,(H2,19,20,21,22,23)/t12-/m1/s1. The number of nitrogens with one attached hydrogen (secondary N) is 2. The second kappa shape index (κ2) is 7.65. The van der Waals surface area contributed by atoms with Crippen molar-refractivity contribution in [2.24, 2.45) is 0 Å². The van der Waals surface area contributed by atoms with Gasteiger partial charge in [-0.25, -0.2) is 4.98 Å². The zero-order valence-corrected chi connectivity index (χ0v) is 15.3. The molecule has 1 atom stereocenters. The Morgan fingerprint density at radius 3 is 2.85 bits per heavy atom. The first-order chi connectivity index (χ1) is 12.6. The Bertz CT molecular complexity index is 910. The average molecular weight is 373 g/mol. The van der Waals surface area contributed by atoms with Gasteiger partial charge in [-0.05, 0) is 6.07 Å². The van der Waals surface area contributed by atoms with E-state index in [4.69, 9.17) is 9.47 Å². The van der Waals surface area contributed by atoms with Gasteiger partial charge >= 0.3 is 0 Å². The van der Waals surface area contributed by atoms with Crippen molar-refractivity contribution < 1.29 is 14.3 Å². The van der Waals surface area contributed by atoms with Crippen molar-refractivity contribution in [2.45, 2.75) is 17.5 Å². The third-order valence-electron chi connectivity index (χ3n) is 4.08. The van der Waals surface area contributed by atoms with Crippen LogP contribution < -0.4 is 20.3 Å². The molecule has 0 saturated carbocycles. The van der Waals surface area contributed by atoms with Gasteiger partial charge in [0, 0.05) is 29.7 Å². The topological polar surface area (TPSA) is 93.3 Å². The Kier molecular flexibility index (Phi) is 5.32. The number of nitrogens with zero attached hydrogens (tertiary/aromatic N) is 1. The molecule has 0 saturated heterocycles. The van der Waals surface area contributed by atoms with Crippen molar-refractivity contribution in [1.82, 2.24) is 9.97 Å². The average Bonchev–Trinajstić information content (AvgIpc) is 2.64. The molecule has 1 aliphatic heterocycles. The van der Waals surface area contributed by atoms with E-state index in [1.807, 2.05) is 6.07 Å². The maximum absolute atomic E-state index is 12.7. The number of carbonyl (C=O) groups excluding carboxylic acids is 1. The smallest absolute Gasteiger partial charge is 0.257 e. The summed E-state index contributed by atoms with van der Waals surface area (Å²) in [6, 6.07) is 5.32. The minimum Gasteiger partial charge on any atom is -0.497 e. The molecule has 0 radical (unpaired) electrons. The molecule has 2 N–H and O–H groups in total. The van der Waals surface area contributed by atoms with Crippen molar-refractivity contribution >= 4 is 23.5 Å². The molecule has 0 spiro atoms. The van der Waals surface area contributed by atoms with Crippen LogP contribution in [0.1, 0.15) is 23.5 Å². The summed E-state index contributed by atoms with van der Waals surface area (Å²) < 4.78 is 10.7. The number of methoxy groups -OCH3 is 2. The zero-order valence-electron chi connectivity index (χ0n) is 14.5. The maximum Gasteiger partial charge on any atom is 0.257 e. The van der Waals surface area contributed by atoms with Crippen LogP contribution in [0.5, 0.6) is 11.5 Å². The highest BCUT2D eigenvalue weighted by Gasteiger charge is 2.32. The van der Waals surface area contributed by atoms with E-state index < -0.39 is 5.92 Å². The zero-order chi connectivity index (χ0) is 18.7. The number of rotatable bonds is 6. The minimum absolute atomic E-state index is 0.138. The number of thioether (sulfide) groups is 1. The van der Waals surface area contributed by atoms with E-state index in [2.05, 4.69) is 21.9 Å². The van der Waals surface area contributed by atoms with E-state index in [0.29, 0.717) is 33.8 Å². The third-order valence-corrected chi connectivity index (χ3v) is 4.95. The van der Waals surface area contributed by atoms with Crippen LogP contribution in [0.2, 0.25) is 0 Å². The second-order valence-electron chi connectivity index (χ2n) is 5.65. The Morgan fingerprint density at radius 1 is 1.35 bits per heavy atom. The third kappa shape index (κ3) is 3.45. The predicted molar refractivity (Wildman–Crippen MR) is 100 cm³/mol. The lowest BCUT2D eigenvalue weighted by molar-refractivity contribution is -0.116. The molecule has 2 aromatic rings.